The molecule has 0 aliphatic heterocycles. The third kappa shape index (κ3) is 11.1. The Morgan fingerprint density at radius 2 is 1.19 bits per heavy atom. The second kappa shape index (κ2) is 13.6. The minimum absolute atomic E-state index is 0. The molecule has 0 radical (unpaired) electrons. The molecule has 156 valence electrons. The van der Waals surface area contributed by atoms with Gasteiger partial charge in [0, 0.05) is 6.54 Å². The van der Waals surface area contributed by atoms with Crippen LogP contribution >= 0.6 is 12.4 Å². The van der Waals surface area contributed by atoms with Gasteiger partial charge in [-0.25, -0.2) is 4.79 Å². The smallest absolute Gasteiger partial charge is 0.336 e. The molecule has 26 heavy (non-hydrogen) atoms. The fourth-order valence-electron chi connectivity index (χ4n) is 1.42. The van der Waals surface area contributed by atoms with Crippen molar-refractivity contribution >= 4 is 30.3 Å². The second-order valence-corrected chi connectivity index (χ2v) is 5.01. The van der Waals surface area contributed by atoms with Crippen LogP contribution in [0.25, 0.3) is 0 Å². The molecule has 0 rings (SSSR count). The zero-order valence-corrected chi connectivity index (χ0v) is 14.2. The van der Waals surface area contributed by atoms with Crippen LogP contribution in [-0.4, -0.2) is 107 Å². The van der Waals surface area contributed by atoms with E-state index in [1.54, 1.807) is 0 Å². The minimum atomic E-state index is -2.74. The lowest BCUT2D eigenvalue weighted by atomic mass is 9.96. The predicted molar refractivity (Wildman–Crippen MR) is 84.5 cm³/mol. The maximum Gasteiger partial charge on any atom is 0.336 e. The van der Waals surface area contributed by atoms with Crippen molar-refractivity contribution in [2.45, 2.75) is 42.9 Å². The highest BCUT2D eigenvalue weighted by molar-refractivity contribution is 5.88. The van der Waals surface area contributed by atoms with E-state index in [0.717, 1.165) is 0 Å². The summed E-state index contributed by atoms with van der Waals surface area (Å²) < 4.78 is 0. The average Bonchev–Trinajstić information content (AvgIpc) is 2.50. The Hall–Kier alpha value is -1.58. The van der Waals surface area contributed by atoms with Gasteiger partial charge in [-0.3, -0.25) is 9.59 Å². The highest BCUT2D eigenvalue weighted by Gasteiger charge is 2.40. The van der Waals surface area contributed by atoms with Gasteiger partial charge >= 0.3 is 17.9 Å². The standard InChI is InChI=1S/C6H15NO5.C6H8O7.ClH/c7-1-3(9)5(11)6(12)4(10)2-8;7-3(8)1-6(13,5(11)12)2-4(9)10;/h3-6,8-12H,1-2,7H2;13H,1-2H2,(H,7,8)(H,9,10)(H,11,12);1H. The van der Waals surface area contributed by atoms with E-state index in [1.165, 1.54) is 0 Å². The van der Waals surface area contributed by atoms with Gasteiger partial charge in [-0.2, -0.15) is 0 Å². The fourth-order valence-corrected chi connectivity index (χ4v) is 1.42. The van der Waals surface area contributed by atoms with Crippen LogP contribution in [0.2, 0.25) is 0 Å². The van der Waals surface area contributed by atoms with Gasteiger partial charge in [-0.1, -0.05) is 0 Å². The van der Waals surface area contributed by atoms with Crippen LogP contribution in [0, 0.1) is 0 Å². The van der Waals surface area contributed by atoms with Crippen LogP contribution < -0.4 is 5.73 Å². The lowest BCUT2D eigenvalue weighted by Gasteiger charge is -2.24. The topological polar surface area (TPSA) is 259 Å². The number of carbonyl (C=O) groups is 3. The van der Waals surface area contributed by atoms with Crippen molar-refractivity contribution in [1.29, 1.82) is 0 Å². The summed E-state index contributed by atoms with van der Waals surface area (Å²) in [5, 5.41) is 78.0. The van der Waals surface area contributed by atoms with Crippen molar-refractivity contribution in [3.05, 3.63) is 0 Å². The Morgan fingerprint density at radius 3 is 1.42 bits per heavy atom. The Kier molecular flexibility index (Phi) is 15.3. The molecule has 0 heterocycles. The van der Waals surface area contributed by atoms with Crippen LogP contribution in [0.3, 0.4) is 0 Å². The first-order valence-electron chi connectivity index (χ1n) is 6.74. The van der Waals surface area contributed by atoms with Crippen LogP contribution in [-0.2, 0) is 14.4 Å². The molecule has 0 saturated carbocycles. The molecule has 13 nitrogen and oxygen atoms in total. The predicted octanol–water partition coefficient (Wildman–Crippen LogP) is -4.45. The average molecular weight is 410 g/mol. The molecule has 0 aliphatic rings. The lowest BCUT2D eigenvalue weighted by molar-refractivity contribution is -0.170. The van der Waals surface area contributed by atoms with Crippen molar-refractivity contribution in [2.24, 2.45) is 5.73 Å². The minimum Gasteiger partial charge on any atom is -0.481 e. The molecule has 14 heteroatoms. The molecule has 0 spiro atoms. The van der Waals surface area contributed by atoms with Crippen molar-refractivity contribution in [1.82, 2.24) is 0 Å². The van der Waals surface area contributed by atoms with Crippen molar-refractivity contribution in [3.8, 4) is 0 Å². The Morgan fingerprint density at radius 1 is 0.846 bits per heavy atom. The molecule has 0 bridgehead atoms. The number of hydrogen-bond donors (Lipinski definition) is 10. The van der Waals surface area contributed by atoms with Crippen LogP contribution in [0.1, 0.15) is 12.8 Å². The van der Waals surface area contributed by atoms with E-state index < -0.39 is 67.4 Å². The van der Waals surface area contributed by atoms with Gasteiger partial charge < -0.3 is 51.7 Å². The van der Waals surface area contributed by atoms with E-state index in [1.807, 2.05) is 0 Å². The third-order valence-electron chi connectivity index (χ3n) is 2.85. The molecular formula is C12H24ClNO12. The zero-order chi connectivity index (χ0) is 20.4. The molecule has 0 saturated heterocycles. The van der Waals surface area contributed by atoms with E-state index in [-0.39, 0.29) is 19.0 Å². The van der Waals surface area contributed by atoms with Gasteiger partial charge in [0.25, 0.3) is 0 Å². The molecule has 0 aliphatic carbocycles. The van der Waals surface area contributed by atoms with E-state index in [0.29, 0.717) is 0 Å². The highest BCUT2D eigenvalue weighted by Crippen LogP contribution is 2.15. The second-order valence-electron chi connectivity index (χ2n) is 5.01. The Balaban J connectivity index is -0.000000393. The zero-order valence-electron chi connectivity index (χ0n) is 13.4. The molecule has 4 unspecified atom stereocenters. The van der Waals surface area contributed by atoms with Gasteiger partial charge in [-0.15, -0.1) is 12.4 Å². The summed E-state index contributed by atoms with van der Waals surface area (Å²) in [4.78, 5) is 30.5. The molecular weight excluding hydrogens is 386 g/mol. The normalized spacial score (nSPS) is 15.3. The first kappa shape index (κ1) is 29.2. The summed E-state index contributed by atoms with van der Waals surface area (Å²) in [5.41, 5.74) is 2.25. The number of halogens is 1. The first-order valence-corrected chi connectivity index (χ1v) is 6.74. The molecule has 4 atom stereocenters. The van der Waals surface area contributed by atoms with Crippen LogP contribution in [0.15, 0.2) is 0 Å². The number of hydrogen-bond acceptors (Lipinski definition) is 10. The van der Waals surface area contributed by atoms with E-state index in [4.69, 9.17) is 51.7 Å². The van der Waals surface area contributed by atoms with Crippen molar-refractivity contribution in [3.63, 3.8) is 0 Å². The third-order valence-corrected chi connectivity index (χ3v) is 2.85. The molecule has 0 fully saturated rings. The summed E-state index contributed by atoms with van der Waals surface area (Å²) in [6, 6.07) is 0. The van der Waals surface area contributed by atoms with Crippen LogP contribution in [0.4, 0.5) is 0 Å². The van der Waals surface area contributed by atoms with E-state index in [9.17, 15) is 14.4 Å². The number of aliphatic hydroxyl groups is 6. The van der Waals surface area contributed by atoms with Crippen molar-refractivity contribution in [2.75, 3.05) is 13.2 Å². The monoisotopic (exact) mass is 409 g/mol. The van der Waals surface area contributed by atoms with Gasteiger partial charge in [0.1, 0.15) is 18.3 Å². The lowest BCUT2D eigenvalue weighted by Crippen LogP contribution is -2.48. The van der Waals surface area contributed by atoms with Gasteiger partial charge in [0.15, 0.2) is 5.60 Å². The maximum atomic E-state index is 10.3. The molecule has 11 N–H and O–H groups in total. The number of aliphatic hydroxyl groups excluding tert-OH is 5. The molecule has 0 amide bonds. The number of nitrogens with two attached hydrogens (primary N) is 1. The molecule has 0 aromatic rings. The first-order chi connectivity index (χ1) is 11.3. The summed E-state index contributed by atoms with van der Waals surface area (Å²) in [7, 11) is 0. The largest absolute Gasteiger partial charge is 0.481 e. The number of carboxylic acid groups (broad SMARTS) is 3. The summed E-state index contributed by atoms with van der Waals surface area (Å²) in [6.07, 6.45) is -8.20. The number of aliphatic carboxylic acids is 3. The quantitative estimate of drug-likeness (QED) is 0.163. The molecule has 0 aromatic heterocycles. The Bertz CT molecular complexity index is 418. The van der Waals surface area contributed by atoms with E-state index >= 15 is 0 Å². The fraction of sp³-hybridized carbons (Fsp3) is 0.750. The summed E-state index contributed by atoms with van der Waals surface area (Å²) in [6.45, 7) is -0.911. The van der Waals surface area contributed by atoms with Gasteiger partial charge in [0.05, 0.1) is 25.6 Å². The maximum absolute atomic E-state index is 10.3. The SMILES string of the molecule is Cl.NCC(O)C(O)C(O)C(O)CO.O=C(O)CC(O)(CC(=O)O)C(=O)O. The Labute approximate surface area is 153 Å². The van der Waals surface area contributed by atoms with E-state index in [2.05, 4.69) is 0 Å². The van der Waals surface area contributed by atoms with Gasteiger partial charge in [-0.05, 0) is 0 Å². The van der Waals surface area contributed by atoms with Gasteiger partial charge in [0.2, 0.25) is 0 Å². The van der Waals surface area contributed by atoms with Crippen molar-refractivity contribution < 1.29 is 60.3 Å². The number of carboxylic acids is 3. The summed E-state index contributed by atoms with van der Waals surface area (Å²) in [5.74, 6) is -5.02. The highest BCUT2D eigenvalue weighted by atomic mass is 35.5. The number of rotatable bonds is 10. The molecule has 0 aromatic carbocycles. The van der Waals surface area contributed by atoms with Crippen LogP contribution in [0.5, 0.6) is 0 Å². The summed E-state index contributed by atoms with van der Waals surface area (Å²) >= 11 is 0.